The van der Waals surface area contributed by atoms with Gasteiger partial charge < -0.3 is 5.32 Å². The number of benzene rings is 1. The van der Waals surface area contributed by atoms with Crippen LogP contribution in [0.15, 0.2) is 47.8 Å². The number of amides is 1. The van der Waals surface area contributed by atoms with Crippen molar-refractivity contribution in [3.8, 4) is 0 Å². The number of hydrogen-bond donors (Lipinski definition) is 1. The smallest absolute Gasteiger partial charge is 0.266 e. The second-order valence-corrected chi connectivity index (χ2v) is 9.19. The lowest BCUT2D eigenvalue weighted by Crippen LogP contribution is -2.27. The van der Waals surface area contributed by atoms with Crippen LogP contribution in [0.1, 0.15) is 50.1 Å². The van der Waals surface area contributed by atoms with Gasteiger partial charge in [-0.3, -0.25) is 9.69 Å². The Morgan fingerprint density at radius 3 is 2.48 bits per heavy atom. The van der Waals surface area contributed by atoms with Crippen molar-refractivity contribution in [2.45, 2.75) is 32.7 Å². The van der Waals surface area contributed by atoms with Gasteiger partial charge in [-0.05, 0) is 62.4 Å². The summed E-state index contributed by atoms with van der Waals surface area (Å²) in [4.78, 5) is 17.3. The fraction of sp³-hybridized carbons (Fsp3) is 0.318. The molecule has 2 aromatic heterocycles. The monoisotopic (exact) mass is 396 g/mol. The minimum Gasteiger partial charge on any atom is -0.313 e. The standard InChI is InChI=1S/C22H24N2OS2/c1-15-16(2)27-22(23-21(25)18-11-8-14-26-18)19(15)20(24-12-6-7-13-24)17-9-4-3-5-10-17/h3-5,8-11,14,20H,6-7,12-13H2,1-2H3,(H,23,25)/t20-/m0/s1. The van der Waals surface area contributed by atoms with E-state index in [1.165, 1.54) is 45.7 Å². The SMILES string of the molecule is Cc1sc(NC(=O)c2cccs2)c([C@H](c2ccccc2)N2CCCC2)c1C. The number of likely N-dealkylation sites (tertiary alicyclic amines) is 1. The molecule has 4 rings (SSSR count). The molecular formula is C22H24N2OS2. The van der Waals surface area contributed by atoms with Crippen LogP contribution in [0.3, 0.4) is 0 Å². The third-order valence-corrected chi connectivity index (χ3v) is 7.31. The average Bonchev–Trinajstić information content (AvgIpc) is 3.42. The summed E-state index contributed by atoms with van der Waals surface area (Å²) in [5.74, 6) is -0.0132. The molecule has 3 heterocycles. The van der Waals surface area contributed by atoms with E-state index in [1.54, 1.807) is 11.3 Å². The van der Waals surface area contributed by atoms with E-state index in [9.17, 15) is 4.79 Å². The van der Waals surface area contributed by atoms with Crippen molar-refractivity contribution in [3.63, 3.8) is 0 Å². The molecule has 0 saturated carbocycles. The van der Waals surface area contributed by atoms with E-state index in [2.05, 4.69) is 54.4 Å². The van der Waals surface area contributed by atoms with Gasteiger partial charge in [-0.1, -0.05) is 36.4 Å². The zero-order chi connectivity index (χ0) is 18.8. The number of carbonyl (C=O) groups is 1. The molecule has 1 amide bonds. The predicted octanol–water partition coefficient (Wildman–Crippen LogP) is 5.86. The van der Waals surface area contributed by atoms with Gasteiger partial charge in [-0.25, -0.2) is 0 Å². The van der Waals surface area contributed by atoms with Crippen LogP contribution < -0.4 is 5.32 Å². The maximum atomic E-state index is 12.7. The molecule has 1 aliphatic rings. The Morgan fingerprint density at radius 1 is 1.07 bits per heavy atom. The predicted molar refractivity (Wildman–Crippen MR) is 115 cm³/mol. The molecule has 0 aliphatic carbocycles. The lowest BCUT2D eigenvalue weighted by atomic mass is 9.95. The lowest BCUT2D eigenvalue weighted by Gasteiger charge is -2.29. The summed E-state index contributed by atoms with van der Waals surface area (Å²) in [5.41, 5.74) is 3.85. The van der Waals surface area contributed by atoms with Gasteiger partial charge in [0.1, 0.15) is 5.00 Å². The number of hydrogen-bond acceptors (Lipinski definition) is 4. The minimum atomic E-state index is -0.0132. The number of carbonyl (C=O) groups excluding carboxylic acids is 1. The van der Waals surface area contributed by atoms with Gasteiger partial charge in [0, 0.05) is 10.4 Å². The van der Waals surface area contributed by atoms with Crippen LogP contribution in [0.5, 0.6) is 0 Å². The maximum Gasteiger partial charge on any atom is 0.266 e. The largest absolute Gasteiger partial charge is 0.313 e. The van der Waals surface area contributed by atoms with Gasteiger partial charge in [0.15, 0.2) is 0 Å². The Bertz CT molecular complexity index is 909. The highest BCUT2D eigenvalue weighted by atomic mass is 32.1. The highest BCUT2D eigenvalue weighted by Crippen LogP contribution is 2.43. The van der Waals surface area contributed by atoms with Crippen molar-refractivity contribution < 1.29 is 4.79 Å². The zero-order valence-corrected chi connectivity index (χ0v) is 17.3. The van der Waals surface area contributed by atoms with Gasteiger partial charge >= 0.3 is 0 Å². The summed E-state index contributed by atoms with van der Waals surface area (Å²) in [6, 6.07) is 14.7. The highest BCUT2D eigenvalue weighted by molar-refractivity contribution is 7.17. The molecule has 3 nitrogen and oxygen atoms in total. The molecule has 5 heteroatoms. The average molecular weight is 397 g/mol. The van der Waals surface area contributed by atoms with Gasteiger partial charge in [0.25, 0.3) is 5.91 Å². The van der Waals surface area contributed by atoms with Crippen LogP contribution in [0.4, 0.5) is 5.00 Å². The van der Waals surface area contributed by atoms with Crippen LogP contribution in [0, 0.1) is 13.8 Å². The van der Waals surface area contributed by atoms with E-state index < -0.39 is 0 Å². The molecular weight excluding hydrogens is 372 g/mol. The number of nitrogens with one attached hydrogen (secondary N) is 1. The first-order chi connectivity index (χ1) is 13.1. The first-order valence-corrected chi connectivity index (χ1v) is 11.1. The summed E-state index contributed by atoms with van der Waals surface area (Å²) in [5, 5.41) is 6.14. The Morgan fingerprint density at radius 2 is 1.81 bits per heavy atom. The second-order valence-electron chi connectivity index (χ2n) is 7.01. The molecule has 1 aromatic carbocycles. The first-order valence-electron chi connectivity index (χ1n) is 9.39. The Balaban J connectivity index is 1.76. The summed E-state index contributed by atoms with van der Waals surface area (Å²) in [6.45, 7) is 6.54. The second kappa shape index (κ2) is 7.97. The van der Waals surface area contributed by atoms with Gasteiger partial charge in [-0.2, -0.15) is 0 Å². The molecule has 3 aromatic rings. The Hall–Kier alpha value is -1.95. The van der Waals surface area contributed by atoms with Crippen LogP contribution in [-0.4, -0.2) is 23.9 Å². The van der Waals surface area contributed by atoms with Crippen molar-refractivity contribution in [3.05, 3.63) is 74.3 Å². The van der Waals surface area contributed by atoms with E-state index in [0.29, 0.717) is 0 Å². The first kappa shape index (κ1) is 18.4. The topological polar surface area (TPSA) is 32.3 Å². The Labute approximate surface area is 168 Å². The molecule has 0 radical (unpaired) electrons. The zero-order valence-electron chi connectivity index (χ0n) is 15.7. The number of nitrogens with zero attached hydrogens (tertiary/aromatic N) is 1. The van der Waals surface area contributed by atoms with Crippen molar-refractivity contribution in [1.82, 2.24) is 4.90 Å². The summed E-state index contributed by atoms with van der Waals surface area (Å²) >= 11 is 3.17. The van der Waals surface area contributed by atoms with Gasteiger partial charge in [0.2, 0.25) is 0 Å². The van der Waals surface area contributed by atoms with E-state index in [4.69, 9.17) is 0 Å². The van der Waals surface area contributed by atoms with Crippen molar-refractivity contribution in [2.75, 3.05) is 18.4 Å². The van der Waals surface area contributed by atoms with E-state index >= 15 is 0 Å². The van der Waals surface area contributed by atoms with Gasteiger partial charge in [-0.15, -0.1) is 22.7 Å². The molecule has 0 bridgehead atoms. The molecule has 1 atom stereocenters. The molecule has 0 spiro atoms. The van der Waals surface area contributed by atoms with Crippen LogP contribution >= 0.6 is 22.7 Å². The Kier molecular flexibility index (Phi) is 5.43. The van der Waals surface area contributed by atoms with Crippen molar-refractivity contribution in [2.24, 2.45) is 0 Å². The molecule has 0 unspecified atom stereocenters. The number of rotatable bonds is 5. The molecule has 1 saturated heterocycles. The van der Waals surface area contributed by atoms with Crippen LogP contribution in [-0.2, 0) is 0 Å². The van der Waals surface area contributed by atoms with Crippen molar-refractivity contribution >= 4 is 33.6 Å². The number of thiophene rings is 2. The van der Waals surface area contributed by atoms with E-state index in [0.717, 1.165) is 23.0 Å². The quantitative estimate of drug-likeness (QED) is 0.585. The highest BCUT2D eigenvalue weighted by Gasteiger charge is 2.30. The molecule has 1 aliphatic heterocycles. The summed E-state index contributed by atoms with van der Waals surface area (Å²) < 4.78 is 0. The van der Waals surface area contributed by atoms with Crippen LogP contribution in [0.25, 0.3) is 0 Å². The molecule has 140 valence electrons. The lowest BCUT2D eigenvalue weighted by molar-refractivity contribution is 0.103. The molecule has 1 fully saturated rings. The fourth-order valence-corrected chi connectivity index (χ4v) is 5.54. The normalized spacial score (nSPS) is 15.8. The number of aryl methyl sites for hydroxylation is 1. The third-order valence-electron chi connectivity index (χ3n) is 5.30. The number of anilines is 1. The van der Waals surface area contributed by atoms with Crippen LogP contribution in [0.2, 0.25) is 0 Å². The molecule has 27 heavy (non-hydrogen) atoms. The van der Waals surface area contributed by atoms with Crippen molar-refractivity contribution in [1.29, 1.82) is 0 Å². The summed E-state index contributed by atoms with van der Waals surface area (Å²) in [7, 11) is 0. The van der Waals surface area contributed by atoms with E-state index in [1.807, 2.05) is 17.5 Å². The fourth-order valence-electron chi connectivity index (χ4n) is 3.83. The molecule has 1 N–H and O–H groups in total. The van der Waals surface area contributed by atoms with E-state index in [-0.39, 0.29) is 11.9 Å². The third kappa shape index (κ3) is 3.72. The maximum absolute atomic E-state index is 12.7. The minimum absolute atomic E-state index is 0.0132. The summed E-state index contributed by atoms with van der Waals surface area (Å²) in [6.07, 6.45) is 2.48. The van der Waals surface area contributed by atoms with Gasteiger partial charge in [0.05, 0.1) is 10.9 Å².